The lowest BCUT2D eigenvalue weighted by Crippen LogP contribution is -2.17. The van der Waals surface area contributed by atoms with Gasteiger partial charge in [0.15, 0.2) is 0 Å². The maximum Gasteiger partial charge on any atom is 0.335 e. The lowest BCUT2D eigenvalue weighted by Gasteiger charge is -2.10. The molecule has 5 heteroatoms. The number of rotatable bonds is 2. The Hall–Kier alpha value is -2.13. The second-order valence-electron chi connectivity index (χ2n) is 2.64. The fraction of sp³-hybridized carbons (Fsp3) is 0.111. The fourth-order valence-corrected chi connectivity index (χ4v) is 1.05. The quantitative estimate of drug-likeness (QED) is 0.605. The lowest BCUT2D eigenvalue weighted by atomic mass is 9.92. The van der Waals surface area contributed by atoms with E-state index >= 15 is 0 Å². The minimum Gasteiger partial charge on any atom is -0.481 e. The number of carboxylic acid groups (broad SMARTS) is 2. The summed E-state index contributed by atoms with van der Waals surface area (Å²) in [6, 6.07) is 0. The number of carbonyl (C=O) groups excluding carboxylic acids is 1. The van der Waals surface area contributed by atoms with Gasteiger partial charge in [-0.3, -0.25) is 4.79 Å². The third-order valence-corrected chi connectivity index (χ3v) is 1.75. The van der Waals surface area contributed by atoms with Gasteiger partial charge in [0.2, 0.25) is 0 Å². The van der Waals surface area contributed by atoms with Crippen LogP contribution in [-0.2, 0) is 14.4 Å². The van der Waals surface area contributed by atoms with Gasteiger partial charge in [-0.2, -0.15) is 0 Å². The molecule has 5 nitrogen and oxygen atoms in total. The van der Waals surface area contributed by atoms with Gasteiger partial charge < -0.3 is 10.2 Å². The molecule has 0 aromatic carbocycles. The Morgan fingerprint density at radius 3 is 2.43 bits per heavy atom. The summed E-state index contributed by atoms with van der Waals surface area (Å²) in [6.07, 6.45) is 3.31. The summed E-state index contributed by atoms with van der Waals surface area (Å²) < 4.78 is 0. The Kier molecular flexibility index (Phi) is 2.65. The number of aliphatic carboxylic acids is 2. The maximum atomic E-state index is 10.6. The van der Waals surface area contributed by atoms with Crippen molar-refractivity contribution in [2.45, 2.75) is 0 Å². The van der Waals surface area contributed by atoms with Crippen molar-refractivity contribution in [3.63, 3.8) is 0 Å². The highest BCUT2D eigenvalue weighted by molar-refractivity contribution is 5.94. The third-order valence-electron chi connectivity index (χ3n) is 1.75. The molecule has 0 saturated carbocycles. The Bertz CT molecular complexity index is 395. The Balaban J connectivity index is 3.09. The Morgan fingerprint density at radius 2 is 2.00 bits per heavy atom. The van der Waals surface area contributed by atoms with Crippen molar-refractivity contribution >= 4 is 17.9 Å². The SMILES string of the molecule is O=C=C1C=C(C(=O)O)C=CC1C(=O)O. The third kappa shape index (κ3) is 1.78. The number of carbonyl (C=O) groups is 2. The van der Waals surface area contributed by atoms with Gasteiger partial charge in [0.1, 0.15) is 11.9 Å². The molecule has 0 saturated heterocycles. The van der Waals surface area contributed by atoms with Gasteiger partial charge in [-0.15, -0.1) is 0 Å². The average molecular weight is 194 g/mol. The highest BCUT2D eigenvalue weighted by atomic mass is 16.4. The number of allylic oxidation sites excluding steroid dienone is 1. The second kappa shape index (κ2) is 3.72. The molecule has 72 valence electrons. The van der Waals surface area contributed by atoms with Gasteiger partial charge in [-0.05, 0) is 6.08 Å². The molecule has 0 aliphatic heterocycles. The topological polar surface area (TPSA) is 91.7 Å². The van der Waals surface area contributed by atoms with E-state index in [1.165, 1.54) is 5.94 Å². The van der Waals surface area contributed by atoms with Crippen molar-refractivity contribution in [2.75, 3.05) is 0 Å². The van der Waals surface area contributed by atoms with Crippen LogP contribution in [0.4, 0.5) is 0 Å². The van der Waals surface area contributed by atoms with Crippen molar-refractivity contribution in [2.24, 2.45) is 5.92 Å². The van der Waals surface area contributed by atoms with Gasteiger partial charge in [0, 0.05) is 0 Å². The van der Waals surface area contributed by atoms with E-state index in [1.54, 1.807) is 0 Å². The summed E-state index contributed by atoms with van der Waals surface area (Å²) in [4.78, 5) is 31.4. The summed E-state index contributed by atoms with van der Waals surface area (Å²) in [5, 5.41) is 17.2. The molecular weight excluding hydrogens is 188 g/mol. The van der Waals surface area contributed by atoms with Crippen LogP contribution in [0.25, 0.3) is 0 Å². The van der Waals surface area contributed by atoms with Crippen LogP contribution in [0.2, 0.25) is 0 Å². The van der Waals surface area contributed by atoms with Gasteiger partial charge in [-0.1, -0.05) is 12.2 Å². The van der Waals surface area contributed by atoms with E-state index in [1.807, 2.05) is 0 Å². The first-order chi connectivity index (χ1) is 6.56. The molecule has 14 heavy (non-hydrogen) atoms. The molecule has 1 unspecified atom stereocenters. The molecule has 1 aliphatic carbocycles. The molecule has 2 N–H and O–H groups in total. The molecule has 0 radical (unpaired) electrons. The predicted molar refractivity (Wildman–Crippen MR) is 45.2 cm³/mol. The zero-order valence-electron chi connectivity index (χ0n) is 6.93. The normalized spacial score (nSPS) is 19.9. The van der Waals surface area contributed by atoms with Gasteiger partial charge in [-0.25, -0.2) is 9.59 Å². The molecule has 0 bridgehead atoms. The van der Waals surface area contributed by atoms with Crippen LogP contribution in [0.5, 0.6) is 0 Å². The molecular formula is C9H6O5. The highest BCUT2D eigenvalue weighted by Crippen LogP contribution is 2.20. The standard InChI is InChI=1S/C9H6O5/c10-4-6-3-5(8(11)12)1-2-7(6)9(13)14/h1-3,7H,(H,11,12)(H,13,14). The highest BCUT2D eigenvalue weighted by Gasteiger charge is 2.23. The van der Waals surface area contributed by atoms with Crippen molar-refractivity contribution in [1.29, 1.82) is 0 Å². The van der Waals surface area contributed by atoms with Crippen LogP contribution in [0.3, 0.4) is 0 Å². The summed E-state index contributed by atoms with van der Waals surface area (Å²) in [7, 11) is 0. The van der Waals surface area contributed by atoms with Gasteiger partial charge in [0.05, 0.1) is 11.1 Å². The molecule has 1 aliphatic rings. The maximum absolute atomic E-state index is 10.6. The zero-order valence-corrected chi connectivity index (χ0v) is 6.93. The molecule has 1 atom stereocenters. The van der Waals surface area contributed by atoms with E-state index < -0.39 is 17.9 Å². The first kappa shape index (κ1) is 9.95. The molecule has 0 heterocycles. The van der Waals surface area contributed by atoms with E-state index in [9.17, 15) is 14.4 Å². The van der Waals surface area contributed by atoms with Crippen LogP contribution in [0, 0.1) is 5.92 Å². The minimum atomic E-state index is -1.21. The molecule has 0 amide bonds. The molecule has 0 fully saturated rings. The summed E-state index contributed by atoms with van der Waals surface area (Å²) in [5.41, 5.74) is -0.307. The van der Waals surface area contributed by atoms with Crippen molar-refractivity contribution in [3.05, 3.63) is 29.4 Å². The fourth-order valence-electron chi connectivity index (χ4n) is 1.05. The van der Waals surface area contributed by atoms with E-state index in [0.717, 1.165) is 18.2 Å². The number of hydrogen-bond donors (Lipinski definition) is 2. The Labute approximate surface area is 78.7 Å². The van der Waals surface area contributed by atoms with E-state index in [-0.39, 0.29) is 11.1 Å². The predicted octanol–water partition coefficient (Wildman–Crippen LogP) is 0.0260. The smallest absolute Gasteiger partial charge is 0.335 e. The number of carboxylic acids is 2. The summed E-state index contributed by atoms with van der Waals surface area (Å²) in [6.45, 7) is 0. The van der Waals surface area contributed by atoms with E-state index in [4.69, 9.17) is 10.2 Å². The first-order valence-corrected chi connectivity index (χ1v) is 3.67. The van der Waals surface area contributed by atoms with E-state index in [0.29, 0.717) is 0 Å². The first-order valence-electron chi connectivity index (χ1n) is 3.67. The number of hydrogen-bond acceptors (Lipinski definition) is 3. The van der Waals surface area contributed by atoms with Crippen LogP contribution in [-0.4, -0.2) is 28.1 Å². The van der Waals surface area contributed by atoms with Gasteiger partial charge >= 0.3 is 11.9 Å². The molecule has 0 spiro atoms. The van der Waals surface area contributed by atoms with E-state index in [2.05, 4.69) is 0 Å². The van der Waals surface area contributed by atoms with Crippen LogP contribution in [0.1, 0.15) is 0 Å². The Morgan fingerprint density at radius 1 is 1.36 bits per heavy atom. The summed E-state index contributed by atoms with van der Waals surface area (Å²) in [5.74, 6) is -2.10. The monoisotopic (exact) mass is 194 g/mol. The second-order valence-corrected chi connectivity index (χ2v) is 2.64. The lowest BCUT2D eigenvalue weighted by molar-refractivity contribution is -0.139. The molecule has 0 aromatic heterocycles. The largest absolute Gasteiger partial charge is 0.481 e. The van der Waals surface area contributed by atoms with Crippen LogP contribution < -0.4 is 0 Å². The average Bonchev–Trinajstić information content (AvgIpc) is 2.16. The van der Waals surface area contributed by atoms with Crippen molar-refractivity contribution in [1.82, 2.24) is 0 Å². The summed E-state index contributed by atoms with van der Waals surface area (Å²) >= 11 is 0. The minimum absolute atomic E-state index is 0.124. The van der Waals surface area contributed by atoms with Crippen molar-refractivity contribution in [3.8, 4) is 0 Å². The van der Waals surface area contributed by atoms with Crippen LogP contribution in [0.15, 0.2) is 29.4 Å². The van der Waals surface area contributed by atoms with Crippen molar-refractivity contribution < 1.29 is 24.6 Å². The molecule has 1 rings (SSSR count). The van der Waals surface area contributed by atoms with Gasteiger partial charge in [0.25, 0.3) is 0 Å². The van der Waals surface area contributed by atoms with Crippen LogP contribution >= 0.6 is 0 Å². The molecule has 0 aromatic rings. The zero-order chi connectivity index (χ0) is 10.7.